The fourth-order valence-corrected chi connectivity index (χ4v) is 2.20. The molecule has 1 atom stereocenters. The van der Waals surface area contributed by atoms with Crippen LogP contribution in [0.2, 0.25) is 0 Å². The van der Waals surface area contributed by atoms with Crippen molar-refractivity contribution in [2.75, 3.05) is 12.3 Å². The number of carbonyl (C=O) groups is 1. The summed E-state index contributed by atoms with van der Waals surface area (Å²) in [4.78, 5) is 11.9. The van der Waals surface area contributed by atoms with Gasteiger partial charge in [0, 0.05) is 5.69 Å². The standard InChI is InChI=1S/C15H21NO2/c1-11(13-6-3-7-14(16)10-13)15(17)18-9-8-12-4-2-5-12/h3,6-7,10-12H,2,4-5,8-9,16H2,1H3. The average Bonchev–Trinajstić information content (AvgIpc) is 2.31. The van der Waals surface area contributed by atoms with Crippen molar-refractivity contribution in [1.29, 1.82) is 0 Å². The number of hydrogen-bond donors (Lipinski definition) is 1. The lowest BCUT2D eigenvalue weighted by Crippen LogP contribution is -2.18. The van der Waals surface area contributed by atoms with Crippen molar-refractivity contribution in [1.82, 2.24) is 0 Å². The fraction of sp³-hybridized carbons (Fsp3) is 0.533. The van der Waals surface area contributed by atoms with Crippen molar-refractivity contribution >= 4 is 11.7 Å². The van der Waals surface area contributed by atoms with E-state index in [9.17, 15) is 4.79 Å². The van der Waals surface area contributed by atoms with Gasteiger partial charge in [-0.3, -0.25) is 4.79 Å². The Labute approximate surface area is 108 Å². The number of ether oxygens (including phenoxy) is 1. The highest BCUT2D eigenvalue weighted by Gasteiger charge is 2.20. The fourth-order valence-electron chi connectivity index (χ4n) is 2.20. The van der Waals surface area contributed by atoms with Crippen molar-refractivity contribution in [2.24, 2.45) is 5.92 Å². The molecule has 1 aliphatic rings. The normalized spacial score (nSPS) is 16.9. The Hall–Kier alpha value is -1.51. The Morgan fingerprint density at radius 1 is 1.50 bits per heavy atom. The van der Waals surface area contributed by atoms with Gasteiger partial charge in [-0.2, -0.15) is 0 Å². The minimum atomic E-state index is -0.241. The monoisotopic (exact) mass is 247 g/mol. The quantitative estimate of drug-likeness (QED) is 0.642. The third kappa shape index (κ3) is 3.25. The van der Waals surface area contributed by atoms with E-state index in [1.54, 1.807) is 0 Å². The van der Waals surface area contributed by atoms with Crippen LogP contribution in [0.3, 0.4) is 0 Å². The number of nitrogen functional groups attached to an aromatic ring is 1. The zero-order valence-corrected chi connectivity index (χ0v) is 10.9. The van der Waals surface area contributed by atoms with Gasteiger partial charge in [0.05, 0.1) is 12.5 Å². The average molecular weight is 247 g/mol. The molecular formula is C15H21NO2. The molecule has 1 aromatic carbocycles. The summed E-state index contributed by atoms with van der Waals surface area (Å²) >= 11 is 0. The molecule has 2 rings (SSSR count). The van der Waals surface area contributed by atoms with Gasteiger partial charge in [-0.25, -0.2) is 0 Å². The first-order valence-electron chi connectivity index (χ1n) is 6.69. The van der Waals surface area contributed by atoms with Crippen molar-refractivity contribution < 1.29 is 9.53 Å². The SMILES string of the molecule is CC(C(=O)OCCC1CCC1)c1cccc(N)c1. The molecule has 1 aromatic rings. The maximum atomic E-state index is 11.9. The highest BCUT2D eigenvalue weighted by molar-refractivity contribution is 5.78. The van der Waals surface area contributed by atoms with Gasteiger partial charge >= 0.3 is 5.97 Å². The Bertz CT molecular complexity index is 413. The van der Waals surface area contributed by atoms with E-state index < -0.39 is 0 Å². The second-order valence-corrected chi connectivity index (χ2v) is 5.14. The summed E-state index contributed by atoms with van der Waals surface area (Å²) in [5.41, 5.74) is 7.31. The Balaban J connectivity index is 1.80. The number of carbonyl (C=O) groups excluding carboxylic acids is 1. The lowest BCUT2D eigenvalue weighted by Gasteiger charge is -2.25. The second kappa shape index (κ2) is 5.89. The molecule has 18 heavy (non-hydrogen) atoms. The van der Waals surface area contributed by atoms with E-state index in [0.717, 1.165) is 17.9 Å². The maximum absolute atomic E-state index is 11.9. The van der Waals surface area contributed by atoms with Gasteiger partial charge in [0.15, 0.2) is 0 Å². The summed E-state index contributed by atoms with van der Waals surface area (Å²) in [6.45, 7) is 2.41. The number of rotatable bonds is 5. The topological polar surface area (TPSA) is 52.3 Å². The highest BCUT2D eigenvalue weighted by atomic mass is 16.5. The number of benzene rings is 1. The van der Waals surface area contributed by atoms with E-state index in [-0.39, 0.29) is 11.9 Å². The molecule has 0 amide bonds. The van der Waals surface area contributed by atoms with Crippen LogP contribution in [0.25, 0.3) is 0 Å². The van der Waals surface area contributed by atoms with Crippen LogP contribution in [0, 0.1) is 5.92 Å². The Morgan fingerprint density at radius 3 is 2.89 bits per heavy atom. The zero-order chi connectivity index (χ0) is 13.0. The van der Waals surface area contributed by atoms with Gasteiger partial charge < -0.3 is 10.5 Å². The highest BCUT2D eigenvalue weighted by Crippen LogP contribution is 2.29. The Kier molecular flexibility index (Phi) is 4.24. The number of nitrogens with two attached hydrogens (primary N) is 1. The third-order valence-corrected chi connectivity index (χ3v) is 3.76. The maximum Gasteiger partial charge on any atom is 0.313 e. The summed E-state index contributed by atoms with van der Waals surface area (Å²) in [7, 11) is 0. The number of anilines is 1. The first kappa shape index (κ1) is 12.9. The van der Waals surface area contributed by atoms with Gasteiger partial charge in [-0.1, -0.05) is 31.4 Å². The summed E-state index contributed by atoms with van der Waals surface area (Å²) in [6, 6.07) is 7.42. The minimum absolute atomic E-state index is 0.153. The van der Waals surface area contributed by atoms with E-state index in [4.69, 9.17) is 10.5 Å². The molecule has 1 aliphatic carbocycles. The van der Waals surface area contributed by atoms with Gasteiger partial charge in [-0.15, -0.1) is 0 Å². The summed E-state index contributed by atoms with van der Waals surface area (Å²) in [5.74, 6) is 0.385. The predicted octanol–water partition coefficient (Wildman–Crippen LogP) is 3.11. The molecule has 3 heteroatoms. The van der Waals surface area contributed by atoms with Gasteiger partial charge in [0.1, 0.15) is 0 Å². The second-order valence-electron chi connectivity index (χ2n) is 5.14. The third-order valence-electron chi connectivity index (χ3n) is 3.76. The van der Waals surface area contributed by atoms with Crippen LogP contribution in [0.4, 0.5) is 5.69 Å². The molecule has 2 N–H and O–H groups in total. The van der Waals surface area contributed by atoms with Crippen LogP contribution < -0.4 is 5.73 Å². The molecule has 0 aliphatic heterocycles. The van der Waals surface area contributed by atoms with Crippen LogP contribution in [0.1, 0.15) is 44.1 Å². The lowest BCUT2D eigenvalue weighted by molar-refractivity contribution is -0.145. The largest absolute Gasteiger partial charge is 0.465 e. The summed E-state index contributed by atoms with van der Waals surface area (Å²) in [5, 5.41) is 0. The zero-order valence-electron chi connectivity index (χ0n) is 10.9. The number of hydrogen-bond acceptors (Lipinski definition) is 3. The molecule has 0 heterocycles. The van der Waals surface area contributed by atoms with Crippen molar-refractivity contribution in [3.63, 3.8) is 0 Å². The number of esters is 1. The minimum Gasteiger partial charge on any atom is -0.465 e. The molecule has 0 spiro atoms. The van der Waals surface area contributed by atoms with E-state index in [1.165, 1.54) is 19.3 Å². The first-order valence-corrected chi connectivity index (χ1v) is 6.69. The first-order chi connectivity index (χ1) is 8.66. The van der Waals surface area contributed by atoms with Crippen LogP contribution in [-0.4, -0.2) is 12.6 Å². The molecule has 1 saturated carbocycles. The van der Waals surface area contributed by atoms with Crippen LogP contribution >= 0.6 is 0 Å². The molecule has 0 bridgehead atoms. The van der Waals surface area contributed by atoms with E-state index in [2.05, 4.69) is 0 Å². The molecular weight excluding hydrogens is 226 g/mol. The van der Waals surface area contributed by atoms with Gasteiger partial charge in [0.25, 0.3) is 0 Å². The lowest BCUT2D eigenvalue weighted by atomic mass is 9.83. The molecule has 0 saturated heterocycles. The van der Waals surface area contributed by atoms with Gasteiger partial charge in [-0.05, 0) is 37.0 Å². The molecule has 1 unspecified atom stereocenters. The smallest absolute Gasteiger partial charge is 0.313 e. The predicted molar refractivity (Wildman–Crippen MR) is 72.2 cm³/mol. The van der Waals surface area contributed by atoms with E-state index in [0.29, 0.717) is 12.3 Å². The van der Waals surface area contributed by atoms with Gasteiger partial charge in [0.2, 0.25) is 0 Å². The molecule has 3 nitrogen and oxygen atoms in total. The van der Waals surface area contributed by atoms with E-state index >= 15 is 0 Å². The molecule has 1 fully saturated rings. The van der Waals surface area contributed by atoms with Crippen molar-refractivity contribution in [2.45, 2.75) is 38.5 Å². The molecule has 98 valence electrons. The van der Waals surface area contributed by atoms with Crippen molar-refractivity contribution in [3.05, 3.63) is 29.8 Å². The summed E-state index contributed by atoms with van der Waals surface area (Å²) < 4.78 is 5.32. The summed E-state index contributed by atoms with van der Waals surface area (Å²) in [6.07, 6.45) is 4.93. The molecule has 0 aromatic heterocycles. The molecule has 0 radical (unpaired) electrons. The van der Waals surface area contributed by atoms with Crippen LogP contribution in [-0.2, 0) is 9.53 Å². The van der Waals surface area contributed by atoms with Crippen LogP contribution in [0.5, 0.6) is 0 Å². The van der Waals surface area contributed by atoms with Crippen LogP contribution in [0.15, 0.2) is 24.3 Å². The Morgan fingerprint density at radius 2 is 2.28 bits per heavy atom. The van der Waals surface area contributed by atoms with E-state index in [1.807, 2.05) is 31.2 Å². The van der Waals surface area contributed by atoms with Crippen molar-refractivity contribution in [3.8, 4) is 0 Å².